The predicted octanol–water partition coefficient (Wildman–Crippen LogP) is 5.59. The lowest BCUT2D eigenvalue weighted by Gasteiger charge is -2.09. The average Bonchev–Trinajstić information content (AvgIpc) is 2.97. The van der Waals surface area contributed by atoms with Gasteiger partial charge in [-0.1, -0.05) is 24.9 Å². The Morgan fingerprint density at radius 3 is 2.75 bits per heavy atom. The van der Waals surface area contributed by atoms with Crippen LogP contribution in [0.25, 0.3) is 10.9 Å². The standard InChI is InChI=1S/C19H18ClNO3/c1-2-3-9-21-10-8-13-11-15(5-6-17(13)21)24-18-7-4-14(19(22)23)12-16(18)20/h4-8,10-12H,2-3,9H2,1H3,(H,22,23). The number of nitrogens with zero attached hydrogens (tertiary/aromatic N) is 1. The molecule has 0 aliphatic rings. The Morgan fingerprint density at radius 2 is 2.04 bits per heavy atom. The molecule has 24 heavy (non-hydrogen) atoms. The number of hydrogen-bond acceptors (Lipinski definition) is 2. The lowest BCUT2D eigenvalue weighted by atomic mass is 10.2. The van der Waals surface area contributed by atoms with Crippen molar-refractivity contribution in [3.05, 3.63) is 59.2 Å². The molecule has 0 saturated carbocycles. The Labute approximate surface area is 145 Å². The van der Waals surface area contributed by atoms with E-state index in [0.717, 1.165) is 24.8 Å². The van der Waals surface area contributed by atoms with Crippen LogP contribution in [0.4, 0.5) is 0 Å². The van der Waals surface area contributed by atoms with E-state index in [9.17, 15) is 4.79 Å². The van der Waals surface area contributed by atoms with Crippen LogP contribution < -0.4 is 4.74 Å². The number of unbranched alkanes of at least 4 members (excludes halogenated alkanes) is 1. The number of ether oxygens (including phenoxy) is 1. The SMILES string of the molecule is CCCCn1ccc2cc(Oc3ccc(C(=O)O)cc3Cl)ccc21. The summed E-state index contributed by atoms with van der Waals surface area (Å²) in [6.45, 7) is 3.18. The third-order valence-corrected chi connectivity index (χ3v) is 4.20. The quantitative estimate of drug-likeness (QED) is 0.635. The second kappa shape index (κ2) is 6.97. The van der Waals surface area contributed by atoms with Crippen molar-refractivity contribution >= 4 is 28.5 Å². The Balaban J connectivity index is 1.84. The molecule has 1 aromatic heterocycles. The smallest absolute Gasteiger partial charge is 0.335 e. The van der Waals surface area contributed by atoms with Gasteiger partial charge in [-0.25, -0.2) is 4.79 Å². The summed E-state index contributed by atoms with van der Waals surface area (Å²) in [6, 6.07) is 12.4. The number of benzene rings is 2. The fourth-order valence-corrected chi connectivity index (χ4v) is 2.83. The van der Waals surface area contributed by atoms with Crippen molar-refractivity contribution in [2.45, 2.75) is 26.3 Å². The van der Waals surface area contributed by atoms with E-state index in [2.05, 4.69) is 23.8 Å². The number of carbonyl (C=O) groups is 1. The summed E-state index contributed by atoms with van der Waals surface area (Å²) >= 11 is 6.11. The number of halogens is 1. The van der Waals surface area contributed by atoms with Gasteiger partial charge in [-0.3, -0.25) is 0 Å². The largest absolute Gasteiger partial charge is 0.478 e. The van der Waals surface area contributed by atoms with Gasteiger partial charge in [0, 0.05) is 23.6 Å². The summed E-state index contributed by atoms with van der Waals surface area (Å²) in [5, 5.41) is 10.3. The molecule has 0 spiro atoms. The molecule has 0 atom stereocenters. The third-order valence-electron chi connectivity index (χ3n) is 3.90. The highest BCUT2D eigenvalue weighted by molar-refractivity contribution is 6.32. The van der Waals surface area contributed by atoms with Crippen LogP contribution in [0.15, 0.2) is 48.7 Å². The lowest BCUT2D eigenvalue weighted by Crippen LogP contribution is -1.96. The van der Waals surface area contributed by atoms with E-state index in [1.54, 1.807) is 6.07 Å². The Morgan fingerprint density at radius 1 is 1.21 bits per heavy atom. The highest BCUT2D eigenvalue weighted by Gasteiger charge is 2.09. The number of fused-ring (bicyclic) bond motifs is 1. The zero-order chi connectivity index (χ0) is 17.1. The zero-order valence-electron chi connectivity index (χ0n) is 13.3. The summed E-state index contributed by atoms with van der Waals surface area (Å²) in [4.78, 5) is 10.9. The molecule has 2 aromatic carbocycles. The minimum absolute atomic E-state index is 0.135. The molecule has 4 nitrogen and oxygen atoms in total. The molecule has 124 valence electrons. The van der Waals surface area contributed by atoms with Gasteiger partial charge in [0.25, 0.3) is 0 Å². The van der Waals surface area contributed by atoms with Crippen molar-refractivity contribution in [1.29, 1.82) is 0 Å². The molecule has 0 radical (unpaired) electrons. The average molecular weight is 344 g/mol. The van der Waals surface area contributed by atoms with Crippen molar-refractivity contribution in [3.63, 3.8) is 0 Å². The fourth-order valence-electron chi connectivity index (χ4n) is 2.61. The third kappa shape index (κ3) is 3.39. The van der Waals surface area contributed by atoms with E-state index >= 15 is 0 Å². The Bertz CT molecular complexity index is 885. The van der Waals surface area contributed by atoms with Crippen molar-refractivity contribution in [2.75, 3.05) is 0 Å². The molecular weight excluding hydrogens is 326 g/mol. The molecule has 5 heteroatoms. The number of aromatic nitrogens is 1. The first-order valence-corrected chi connectivity index (χ1v) is 8.26. The second-order valence-electron chi connectivity index (χ2n) is 5.64. The molecule has 1 N–H and O–H groups in total. The molecule has 1 heterocycles. The summed E-state index contributed by atoms with van der Waals surface area (Å²) < 4.78 is 8.04. The van der Waals surface area contributed by atoms with E-state index in [1.165, 1.54) is 17.6 Å². The van der Waals surface area contributed by atoms with Gasteiger partial charge in [0.05, 0.1) is 10.6 Å². The van der Waals surface area contributed by atoms with Gasteiger partial charge in [0.1, 0.15) is 11.5 Å². The van der Waals surface area contributed by atoms with Gasteiger partial charge in [-0.2, -0.15) is 0 Å². The van der Waals surface area contributed by atoms with Crippen LogP contribution in [0, 0.1) is 0 Å². The maximum atomic E-state index is 10.9. The minimum Gasteiger partial charge on any atom is -0.478 e. The van der Waals surface area contributed by atoms with E-state index < -0.39 is 5.97 Å². The van der Waals surface area contributed by atoms with Crippen LogP contribution in [0.5, 0.6) is 11.5 Å². The number of hydrogen-bond donors (Lipinski definition) is 1. The van der Waals surface area contributed by atoms with Crippen LogP contribution >= 0.6 is 11.6 Å². The first-order chi connectivity index (χ1) is 11.6. The molecule has 3 rings (SSSR count). The van der Waals surface area contributed by atoms with Crippen LogP contribution in [-0.4, -0.2) is 15.6 Å². The number of carboxylic acid groups (broad SMARTS) is 1. The summed E-state index contributed by atoms with van der Waals surface area (Å²) in [6.07, 6.45) is 4.39. The van der Waals surface area contributed by atoms with E-state index in [-0.39, 0.29) is 10.6 Å². The van der Waals surface area contributed by atoms with Crippen LogP contribution in [0.2, 0.25) is 5.02 Å². The molecule has 0 aliphatic carbocycles. The van der Waals surface area contributed by atoms with E-state index in [1.807, 2.05) is 18.2 Å². The van der Waals surface area contributed by atoms with Crippen molar-refractivity contribution in [3.8, 4) is 11.5 Å². The maximum absolute atomic E-state index is 10.9. The van der Waals surface area contributed by atoms with E-state index in [4.69, 9.17) is 21.4 Å². The summed E-state index contributed by atoms with van der Waals surface area (Å²) in [7, 11) is 0. The first-order valence-electron chi connectivity index (χ1n) is 7.88. The van der Waals surface area contributed by atoms with E-state index in [0.29, 0.717) is 11.5 Å². The van der Waals surface area contributed by atoms with Crippen molar-refractivity contribution in [2.24, 2.45) is 0 Å². The molecule has 0 fully saturated rings. The minimum atomic E-state index is -1.02. The molecule has 0 unspecified atom stereocenters. The number of carboxylic acids is 1. The second-order valence-corrected chi connectivity index (χ2v) is 6.04. The maximum Gasteiger partial charge on any atom is 0.335 e. The summed E-state index contributed by atoms with van der Waals surface area (Å²) in [5.41, 5.74) is 1.30. The lowest BCUT2D eigenvalue weighted by molar-refractivity contribution is 0.0697. The van der Waals surface area contributed by atoms with Gasteiger partial charge in [-0.15, -0.1) is 0 Å². The molecule has 0 amide bonds. The van der Waals surface area contributed by atoms with Gasteiger partial charge in [-0.05, 0) is 48.9 Å². The van der Waals surface area contributed by atoms with Gasteiger partial charge in [0.2, 0.25) is 0 Å². The fraction of sp³-hybridized carbons (Fsp3) is 0.211. The molecular formula is C19H18ClNO3. The predicted molar refractivity (Wildman–Crippen MR) is 95.3 cm³/mol. The first kappa shape index (κ1) is 16.4. The molecule has 3 aromatic rings. The van der Waals surface area contributed by atoms with Gasteiger partial charge >= 0.3 is 5.97 Å². The Hall–Kier alpha value is -2.46. The monoisotopic (exact) mass is 343 g/mol. The van der Waals surface area contributed by atoms with Gasteiger partial charge in [0.15, 0.2) is 0 Å². The number of aryl methyl sites for hydroxylation is 1. The molecule has 0 aliphatic heterocycles. The van der Waals surface area contributed by atoms with Crippen LogP contribution in [0.1, 0.15) is 30.1 Å². The normalized spacial score (nSPS) is 10.9. The molecule has 0 saturated heterocycles. The molecule has 0 bridgehead atoms. The number of aromatic carboxylic acids is 1. The topological polar surface area (TPSA) is 51.5 Å². The zero-order valence-corrected chi connectivity index (χ0v) is 14.1. The van der Waals surface area contributed by atoms with Crippen molar-refractivity contribution < 1.29 is 14.6 Å². The summed E-state index contributed by atoms with van der Waals surface area (Å²) in [5.74, 6) is 0.0884. The number of rotatable bonds is 6. The van der Waals surface area contributed by atoms with Gasteiger partial charge < -0.3 is 14.4 Å². The highest BCUT2D eigenvalue weighted by Crippen LogP contribution is 2.32. The Kier molecular flexibility index (Phi) is 4.76. The van der Waals surface area contributed by atoms with Crippen molar-refractivity contribution in [1.82, 2.24) is 4.57 Å². The van der Waals surface area contributed by atoms with Crippen LogP contribution in [0.3, 0.4) is 0 Å². The highest BCUT2D eigenvalue weighted by atomic mass is 35.5. The van der Waals surface area contributed by atoms with Crippen LogP contribution in [-0.2, 0) is 6.54 Å².